The Bertz CT molecular complexity index is 1050. The Balaban J connectivity index is 1.88. The van der Waals surface area contributed by atoms with Gasteiger partial charge in [0.15, 0.2) is 0 Å². The highest BCUT2D eigenvalue weighted by atomic mass is 16.2. The van der Waals surface area contributed by atoms with Crippen LogP contribution in [0.25, 0.3) is 11.4 Å². The summed E-state index contributed by atoms with van der Waals surface area (Å²) >= 11 is 0. The number of amides is 1. The molecule has 2 aromatic carbocycles. The van der Waals surface area contributed by atoms with Gasteiger partial charge < -0.3 is 5.32 Å². The van der Waals surface area contributed by atoms with Gasteiger partial charge in [0.2, 0.25) is 5.91 Å². The van der Waals surface area contributed by atoms with E-state index >= 15 is 0 Å². The lowest BCUT2D eigenvalue weighted by Crippen LogP contribution is -2.34. The Hall–Kier alpha value is -3.72. The maximum absolute atomic E-state index is 12.6. The number of aromatic nitrogens is 2. The Labute approximate surface area is 156 Å². The summed E-state index contributed by atoms with van der Waals surface area (Å²) < 4.78 is 1.24. The third kappa shape index (κ3) is 4.28. The van der Waals surface area contributed by atoms with Gasteiger partial charge in [-0.25, -0.2) is 4.98 Å². The van der Waals surface area contributed by atoms with Crippen LogP contribution in [0, 0.1) is 18.3 Å². The quantitative estimate of drug-likeness (QED) is 0.759. The van der Waals surface area contributed by atoms with E-state index in [1.165, 1.54) is 10.8 Å². The predicted molar refractivity (Wildman–Crippen MR) is 102 cm³/mol. The minimum atomic E-state index is -0.530. The number of rotatable bonds is 5. The summed E-state index contributed by atoms with van der Waals surface area (Å²) in [6.07, 6.45) is 1.25. The van der Waals surface area contributed by atoms with Crippen LogP contribution in [0.1, 0.15) is 16.7 Å². The summed E-state index contributed by atoms with van der Waals surface area (Å²) in [6, 6.07) is 18.8. The minimum absolute atomic E-state index is 0.0956. The first-order valence-corrected chi connectivity index (χ1v) is 8.46. The van der Waals surface area contributed by atoms with E-state index in [2.05, 4.69) is 10.3 Å². The second kappa shape index (κ2) is 8.11. The fraction of sp³-hybridized carbons (Fsp3) is 0.143. The van der Waals surface area contributed by atoms with Crippen molar-refractivity contribution in [1.29, 1.82) is 5.26 Å². The molecule has 0 radical (unpaired) electrons. The van der Waals surface area contributed by atoms with E-state index in [0.717, 1.165) is 11.1 Å². The van der Waals surface area contributed by atoms with Crippen LogP contribution in [0.5, 0.6) is 0 Å². The van der Waals surface area contributed by atoms with E-state index in [0.29, 0.717) is 17.9 Å². The summed E-state index contributed by atoms with van der Waals surface area (Å²) in [5.74, 6) is 0.0278. The summed E-state index contributed by atoms with van der Waals surface area (Å²) in [4.78, 5) is 29.2. The molecule has 27 heavy (non-hydrogen) atoms. The standard InChI is InChI=1S/C21H18N4O2/c1-15-7-9-17(10-8-15)20-24-13-18(11-22)21(27)25(20)14-19(26)23-12-16-5-3-2-4-6-16/h2-10,13H,12,14H2,1H3,(H,23,26). The molecule has 0 atom stereocenters. The number of aryl methyl sites for hydroxylation is 1. The summed E-state index contributed by atoms with van der Waals surface area (Å²) in [6.45, 7) is 2.11. The van der Waals surface area contributed by atoms with Crippen LogP contribution in [0.4, 0.5) is 0 Å². The monoisotopic (exact) mass is 358 g/mol. The first-order valence-electron chi connectivity index (χ1n) is 8.46. The highest BCUT2D eigenvalue weighted by Crippen LogP contribution is 2.16. The van der Waals surface area contributed by atoms with Gasteiger partial charge in [0, 0.05) is 12.1 Å². The molecule has 0 bridgehead atoms. The van der Waals surface area contributed by atoms with Crippen molar-refractivity contribution >= 4 is 5.91 Å². The summed E-state index contributed by atoms with van der Waals surface area (Å²) in [7, 11) is 0. The lowest BCUT2D eigenvalue weighted by molar-refractivity contribution is -0.121. The van der Waals surface area contributed by atoms with Gasteiger partial charge in [-0.15, -0.1) is 0 Å². The Kier molecular flexibility index (Phi) is 5.43. The SMILES string of the molecule is Cc1ccc(-c2ncc(C#N)c(=O)n2CC(=O)NCc2ccccc2)cc1. The number of nitriles is 1. The molecule has 1 amide bonds. The molecule has 0 fully saturated rings. The molecule has 1 N–H and O–H groups in total. The third-order valence-corrected chi connectivity index (χ3v) is 4.11. The maximum Gasteiger partial charge on any atom is 0.272 e. The predicted octanol–water partition coefficient (Wildman–Crippen LogP) is 2.41. The molecule has 6 heteroatoms. The normalized spacial score (nSPS) is 10.2. The number of nitrogens with one attached hydrogen (secondary N) is 1. The zero-order valence-corrected chi connectivity index (χ0v) is 14.8. The molecule has 134 valence electrons. The number of nitrogens with zero attached hydrogens (tertiary/aromatic N) is 3. The number of carbonyl (C=O) groups is 1. The molecule has 0 aliphatic heterocycles. The first-order chi connectivity index (χ1) is 13.1. The smallest absolute Gasteiger partial charge is 0.272 e. The van der Waals surface area contributed by atoms with Gasteiger partial charge in [0.05, 0.1) is 6.20 Å². The van der Waals surface area contributed by atoms with Crippen molar-refractivity contribution in [3.63, 3.8) is 0 Å². The van der Waals surface area contributed by atoms with Crippen LogP contribution in [-0.4, -0.2) is 15.5 Å². The highest BCUT2D eigenvalue weighted by molar-refractivity contribution is 5.76. The second-order valence-electron chi connectivity index (χ2n) is 6.13. The van der Waals surface area contributed by atoms with Crippen molar-refractivity contribution in [2.75, 3.05) is 0 Å². The van der Waals surface area contributed by atoms with E-state index in [9.17, 15) is 9.59 Å². The molecule has 1 aromatic heterocycles. The average Bonchev–Trinajstić information content (AvgIpc) is 2.69. The molecule has 0 aliphatic rings. The molecule has 0 saturated carbocycles. The van der Waals surface area contributed by atoms with Crippen LogP contribution in [-0.2, 0) is 17.9 Å². The van der Waals surface area contributed by atoms with Gasteiger partial charge in [-0.05, 0) is 12.5 Å². The number of hydrogen-bond donors (Lipinski definition) is 1. The molecule has 6 nitrogen and oxygen atoms in total. The molecule has 0 spiro atoms. The van der Waals surface area contributed by atoms with Crippen molar-refractivity contribution in [2.45, 2.75) is 20.0 Å². The number of carbonyl (C=O) groups excluding carboxylic acids is 1. The zero-order chi connectivity index (χ0) is 19.2. The fourth-order valence-electron chi connectivity index (χ4n) is 2.64. The Morgan fingerprint density at radius 1 is 1.15 bits per heavy atom. The largest absolute Gasteiger partial charge is 0.350 e. The van der Waals surface area contributed by atoms with Gasteiger partial charge in [-0.2, -0.15) is 5.26 Å². The number of benzene rings is 2. The van der Waals surface area contributed by atoms with Gasteiger partial charge in [0.25, 0.3) is 5.56 Å². The molecule has 3 aromatic rings. The van der Waals surface area contributed by atoms with E-state index in [-0.39, 0.29) is 18.0 Å². The van der Waals surface area contributed by atoms with E-state index in [4.69, 9.17) is 5.26 Å². The highest BCUT2D eigenvalue weighted by Gasteiger charge is 2.15. The third-order valence-electron chi connectivity index (χ3n) is 4.11. The minimum Gasteiger partial charge on any atom is -0.350 e. The topological polar surface area (TPSA) is 87.8 Å². The van der Waals surface area contributed by atoms with Crippen molar-refractivity contribution in [3.8, 4) is 17.5 Å². The fourth-order valence-corrected chi connectivity index (χ4v) is 2.64. The summed E-state index contributed by atoms with van der Waals surface area (Å²) in [5.41, 5.74) is 2.11. The molecule has 0 aliphatic carbocycles. The molecular weight excluding hydrogens is 340 g/mol. The lowest BCUT2D eigenvalue weighted by Gasteiger charge is -2.13. The van der Waals surface area contributed by atoms with Crippen molar-refractivity contribution in [3.05, 3.63) is 87.8 Å². The molecule has 0 unspecified atom stereocenters. The first kappa shape index (κ1) is 18.1. The number of hydrogen-bond acceptors (Lipinski definition) is 4. The maximum atomic E-state index is 12.6. The van der Waals surface area contributed by atoms with E-state index in [1.807, 2.05) is 67.6 Å². The van der Waals surface area contributed by atoms with Crippen molar-refractivity contribution in [2.24, 2.45) is 0 Å². The molecule has 1 heterocycles. The van der Waals surface area contributed by atoms with Gasteiger partial charge in [-0.3, -0.25) is 14.2 Å². The van der Waals surface area contributed by atoms with Crippen LogP contribution >= 0.6 is 0 Å². The lowest BCUT2D eigenvalue weighted by atomic mass is 10.1. The molecular formula is C21H18N4O2. The van der Waals surface area contributed by atoms with Gasteiger partial charge in [-0.1, -0.05) is 60.2 Å². The summed E-state index contributed by atoms with van der Waals surface area (Å²) in [5, 5.41) is 11.9. The van der Waals surface area contributed by atoms with Crippen LogP contribution in [0.2, 0.25) is 0 Å². The zero-order valence-electron chi connectivity index (χ0n) is 14.8. The molecule has 3 rings (SSSR count). The van der Waals surface area contributed by atoms with Gasteiger partial charge >= 0.3 is 0 Å². The molecule has 0 saturated heterocycles. The van der Waals surface area contributed by atoms with E-state index in [1.54, 1.807) is 0 Å². The van der Waals surface area contributed by atoms with Crippen molar-refractivity contribution in [1.82, 2.24) is 14.9 Å². The average molecular weight is 358 g/mol. The Morgan fingerprint density at radius 2 is 1.85 bits per heavy atom. The van der Waals surface area contributed by atoms with Gasteiger partial charge in [0.1, 0.15) is 24.0 Å². The van der Waals surface area contributed by atoms with Crippen LogP contribution < -0.4 is 10.9 Å². The van der Waals surface area contributed by atoms with Crippen LogP contribution in [0.3, 0.4) is 0 Å². The van der Waals surface area contributed by atoms with E-state index < -0.39 is 5.56 Å². The van der Waals surface area contributed by atoms with Crippen molar-refractivity contribution < 1.29 is 4.79 Å². The Morgan fingerprint density at radius 3 is 2.52 bits per heavy atom. The van der Waals surface area contributed by atoms with Crippen LogP contribution in [0.15, 0.2) is 65.6 Å². The second-order valence-corrected chi connectivity index (χ2v) is 6.13.